The molecule has 35 heavy (non-hydrogen) atoms. The molecule has 0 radical (unpaired) electrons. The second kappa shape index (κ2) is 9.26. The maximum Gasteiger partial charge on any atom is 0.193 e. The van der Waals surface area contributed by atoms with Crippen LogP contribution in [0.2, 0.25) is 0 Å². The molecule has 0 N–H and O–H groups in total. The van der Waals surface area contributed by atoms with Crippen LogP contribution in [0, 0.1) is 0 Å². The minimum Gasteiger partial charge on any atom is -0.293 e. The molecular formula is C33H33NO. The van der Waals surface area contributed by atoms with Crippen molar-refractivity contribution < 1.29 is 4.79 Å². The number of rotatable bonds is 7. The summed E-state index contributed by atoms with van der Waals surface area (Å²) in [4.78, 5) is 18.3. The summed E-state index contributed by atoms with van der Waals surface area (Å²) < 4.78 is 0. The third-order valence-electron chi connectivity index (χ3n) is 7.76. The molecule has 0 bridgehead atoms. The normalized spacial score (nSPS) is 14.1. The summed E-state index contributed by atoms with van der Waals surface area (Å²) in [5.41, 5.74) is 8.99. The van der Waals surface area contributed by atoms with Gasteiger partial charge in [-0.15, -0.1) is 0 Å². The van der Waals surface area contributed by atoms with Gasteiger partial charge in [0.1, 0.15) is 0 Å². The smallest absolute Gasteiger partial charge is 0.193 e. The molecule has 2 nitrogen and oxygen atoms in total. The number of fused-ring (bicyclic) bond motifs is 4. The van der Waals surface area contributed by atoms with Crippen LogP contribution in [-0.4, -0.2) is 18.5 Å². The summed E-state index contributed by atoms with van der Waals surface area (Å²) in [5.74, 6) is 0.0945. The molecule has 0 saturated heterocycles. The highest BCUT2D eigenvalue weighted by Gasteiger charge is 2.42. The number of carbonyl (C=O) groups is 1. The first-order chi connectivity index (χ1) is 17.0. The Balaban J connectivity index is 1.69. The van der Waals surface area contributed by atoms with Crippen molar-refractivity contribution in [1.29, 1.82) is 0 Å². The summed E-state index contributed by atoms with van der Waals surface area (Å²) in [6.07, 6.45) is 4.31. The fourth-order valence-electron chi connectivity index (χ4n) is 6.09. The predicted molar refractivity (Wildman–Crippen MR) is 148 cm³/mol. The van der Waals surface area contributed by atoms with E-state index in [2.05, 4.69) is 68.2 Å². The van der Waals surface area contributed by atoms with Gasteiger partial charge in [-0.3, -0.25) is 9.79 Å². The first-order valence-electron chi connectivity index (χ1n) is 12.8. The first-order valence-corrected chi connectivity index (χ1v) is 12.8. The van der Waals surface area contributed by atoms with Gasteiger partial charge in [0.2, 0.25) is 0 Å². The van der Waals surface area contributed by atoms with Gasteiger partial charge in [-0.1, -0.05) is 93.4 Å². The lowest BCUT2D eigenvalue weighted by atomic mass is 9.71. The molecule has 2 heteroatoms. The molecule has 0 heterocycles. The minimum atomic E-state index is -0.0761. The maximum atomic E-state index is 13.8. The van der Waals surface area contributed by atoms with Crippen molar-refractivity contribution in [3.8, 4) is 11.1 Å². The monoisotopic (exact) mass is 459 g/mol. The third-order valence-corrected chi connectivity index (χ3v) is 7.76. The highest BCUT2D eigenvalue weighted by Crippen LogP contribution is 2.54. The van der Waals surface area contributed by atoms with Crippen molar-refractivity contribution >= 4 is 22.3 Å². The Morgan fingerprint density at radius 1 is 0.771 bits per heavy atom. The lowest BCUT2D eigenvalue weighted by Crippen LogP contribution is -2.25. The highest BCUT2D eigenvalue weighted by molar-refractivity contribution is 6.16. The summed E-state index contributed by atoms with van der Waals surface area (Å²) in [6, 6.07) is 27.4. The molecule has 0 aliphatic heterocycles. The van der Waals surface area contributed by atoms with Crippen molar-refractivity contribution in [2.45, 2.75) is 51.9 Å². The Morgan fingerprint density at radius 3 is 2.03 bits per heavy atom. The van der Waals surface area contributed by atoms with E-state index in [-0.39, 0.29) is 11.2 Å². The van der Waals surface area contributed by atoms with Crippen molar-refractivity contribution in [2.75, 3.05) is 7.05 Å². The zero-order chi connectivity index (χ0) is 24.6. The van der Waals surface area contributed by atoms with Gasteiger partial charge < -0.3 is 0 Å². The van der Waals surface area contributed by atoms with E-state index in [0.717, 1.165) is 53.3 Å². The number of hydrogen-bond donors (Lipinski definition) is 0. The van der Waals surface area contributed by atoms with E-state index in [9.17, 15) is 4.79 Å². The van der Waals surface area contributed by atoms with Crippen LogP contribution in [0.5, 0.6) is 0 Å². The molecule has 4 aromatic carbocycles. The Kier molecular flexibility index (Phi) is 6.15. The van der Waals surface area contributed by atoms with Crippen molar-refractivity contribution in [2.24, 2.45) is 4.99 Å². The molecule has 176 valence electrons. The van der Waals surface area contributed by atoms with Crippen LogP contribution >= 0.6 is 0 Å². The fraction of sp³-hybridized carbons (Fsp3) is 0.273. The lowest BCUT2D eigenvalue weighted by molar-refractivity contribution is 0.104. The van der Waals surface area contributed by atoms with Gasteiger partial charge >= 0.3 is 0 Å². The standard InChI is InChI=1S/C33H33NO/c1-5-18-33(19-6-2)30-20-24(22(3)34-4)14-16-27(30)28-17-15-25(21-31(28)33)32(35)29-13-9-11-23-10-7-8-12-26(23)29/h7-17,20-21H,5-6,18-19H2,1-4H3/b34-22-. The molecule has 0 saturated carbocycles. The average Bonchev–Trinajstić information content (AvgIpc) is 3.16. The summed E-state index contributed by atoms with van der Waals surface area (Å²) in [6.45, 7) is 6.61. The van der Waals surface area contributed by atoms with E-state index in [1.807, 2.05) is 43.4 Å². The molecular weight excluding hydrogens is 426 g/mol. The second-order valence-electron chi connectivity index (χ2n) is 9.77. The van der Waals surface area contributed by atoms with Gasteiger partial charge in [0, 0.05) is 29.3 Å². The van der Waals surface area contributed by atoms with Crippen LogP contribution in [-0.2, 0) is 5.41 Å². The van der Waals surface area contributed by atoms with E-state index >= 15 is 0 Å². The molecule has 1 aliphatic rings. The number of benzene rings is 4. The molecule has 1 aliphatic carbocycles. The number of nitrogens with zero attached hydrogens (tertiary/aromatic N) is 1. The van der Waals surface area contributed by atoms with Crippen LogP contribution in [0.3, 0.4) is 0 Å². The molecule has 0 aromatic heterocycles. The van der Waals surface area contributed by atoms with Crippen molar-refractivity contribution in [1.82, 2.24) is 0 Å². The van der Waals surface area contributed by atoms with Crippen LogP contribution in [0.4, 0.5) is 0 Å². The molecule has 0 atom stereocenters. The van der Waals surface area contributed by atoms with Gasteiger partial charge in [-0.25, -0.2) is 0 Å². The van der Waals surface area contributed by atoms with Gasteiger partial charge in [0.05, 0.1) is 0 Å². The van der Waals surface area contributed by atoms with Crippen LogP contribution in [0.25, 0.3) is 21.9 Å². The molecule has 5 rings (SSSR count). The van der Waals surface area contributed by atoms with Crippen molar-refractivity contribution in [3.05, 3.63) is 107 Å². The number of carbonyl (C=O) groups excluding carboxylic acids is 1. The lowest BCUT2D eigenvalue weighted by Gasteiger charge is -2.32. The molecule has 0 amide bonds. The van der Waals surface area contributed by atoms with E-state index < -0.39 is 0 Å². The zero-order valence-corrected chi connectivity index (χ0v) is 21.2. The molecule has 0 spiro atoms. The van der Waals surface area contributed by atoms with Gasteiger partial charge in [0.15, 0.2) is 5.78 Å². The largest absolute Gasteiger partial charge is 0.293 e. The van der Waals surface area contributed by atoms with Crippen molar-refractivity contribution in [3.63, 3.8) is 0 Å². The van der Waals surface area contributed by atoms with E-state index in [1.54, 1.807) is 0 Å². The van der Waals surface area contributed by atoms with E-state index in [0.29, 0.717) is 0 Å². The van der Waals surface area contributed by atoms with Gasteiger partial charge in [-0.2, -0.15) is 0 Å². The van der Waals surface area contributed by atoms with Gasteiger partial charge in [0.25, 0.3) is 0 Å². The summed E-state index contributed by atoms with van der Waals surface area (Å²) in [7, 11) is 1.85. The Bertz CT molecular complexity index is 1450. The molecule has 0 unspecified atom stereocenters. The Morgan fingerprint density at radius 2 is 1.37 bits per heavy atom. The number of hydrogen-bond acceptors (Lipinski definition) is 2. The average molecular weight is 460 g/mol. The van der Waals surface area contributed by atoms with Crippen LogP contribution in [0.15, 0.2) is 83.9 Å². The number of ketones is 1. The number of aliphatic imine (C=N–C) groups is 1. The zero-order valence-electron chi connectivity index (χ0n) is 21.2. The highest BCUT2D eigenvalue weighted by atomic mass is 16.1. The fourth-order valence-corrected chi connectivity index (χ4v) is 6.09. The minimum absolute atomic E-state index is 0.0761. The molecule has 4 aromatic rings. The van der Waals surface area contributed by atoms with Gasteiger partial charge in [-0.05, 0) is 70.5 Å². The van der Waals surface area contributed by atoms with E-state index in [4.69, 9.17) is 0 Å². The quantitative estimate of drug-likeness (QED) is 0.202. The SMILES string of the molecule is CCCC1(CCC)c2cc(C(=O)c3cccc4ccccc34)ccc2-c2ccc(/C(C)=N\C)cc21. The maximum absolute atomic E-state index is 13.8. The van der Waals surface area contributed by atoms with E-state index in [1.165, 1.54) is 27.8 Å². The summed E-state index contributed by atoms with van der Waals surface area (Å²) in [5, 5.41) is 2.11. The summed E-state index contributed by atoms with van der Waals surface area (Å²) >= 11 is 0. The Hall–Kier alpha value is -3.52. The third kappa shape index (κ3) is 3.72. The first kappa shape index (κ1) is 23.2. The second-order valence-corrected chi connectivity index (χ2v) is 9.77. The Labute approximate surface area is 208 Å². The van der Waals surface area contributed by atoms with Crippen LogP contribution < -0.4 is 0 Å². The molecule has 0 fully saturated rings. The van der Waals surface area contributed by atoms with Crippen LogP contribution in [0.1, 0.15) is 79.1 Å². The topological polar surface area (TPSA) is 29.4 Å². The predicted octanol–water partition coefficient (Wildman–Crippen LogP) is 8.38.